The minimum absolute atomic E-state index is 0. The maximum Gasteiger partial charge on any atom is 0.243 e. The molecule has 8 heteroatoms. The van der Waals surface area contributed by atoms with Gasteiger partial charge in [-0.05, 0) is 33.4 Å². The van der Waals surface area contributed by atoms with Crippen LogP contribution < -0.4 is 10.6 Å². The molecule has 0 aromatic rings. The first-order chi connectivity index (χ1) is 12.4. The zero-order chi connectivity index (χ0) is 19.0. The summed E-state index contributed by atoms with van der Waals surface area (Å²) in [6, 6.07) is 0. The van der Waals surface area contributed by atoms with Crippen molar-refractivity contribution >= 4 is 35.8 Å². The van der Waals surface area contributed by atoms with Crippen LogP contribution in [-0.2, 0) is 9.53 Å². The van der Waals surface area contributed by atoms with Crippen LogP contribution >= 0.6 is 24.0 Å². The minimum Gasteiger partial charge on any atom is -0.381 e. The SMILES string of the molecule is CN(C)CC1(CNC(=NCC(=O)N(C)C)NCC2CCOC2)CCCC1.I. The van der Waals surface area contributed by atoms with Crippen molar-refractivity contribution in [3.63, 3.8) is 0 Å². The summed E-state index contributed by atoms with van der Waals surface area (Å²) in [5.41, 5.74) is 0.300. The Balaban J connectivity index is 0.00000364. The summed E-state index contributed by atoms with van der Waals surface area (Å²) in [4.78, 5) is 20.3. The molecule has 158 valence electrons. The van der Waals surface area contributed by atoms with Crippen LogP contribution in [0, 0.1) is 11.3 Å². The monoisotopic (exact) mass is 495 g/mol. The van der Waals surface area contributed by atoms with E-state index >= 15 is 0 Å². The van der Waals surface area contributed by atoms with Gasteiger partial charge in [0.1, 0.15) is 6.54 Å². The first-order valence-corrected chi connectivity index (χ1v) is 9.85. The predicted octanol–water partition coefficient (Wildman–Crippen LogP) is 1.39. The Morgan fingerprint density at radius 2 is 1.89 bits per heavy atom. The van der Waals surface area contributed by atoms with E-state index in [1.807, 2.05) is 0 Å². The maximum atomic E-state index is 11.9. The number of carbonyl (C=O) groups excluding carboxylic acids is 1. The molecule has 0 bridgehead atoms. The van der Waals surface area contributed by atoms with Crippen LogP contribution in [0.1, 0.15) is 32.1 Å². The van der Waals surface area contributed by atoms with E-state index in [-0.39, 0.29) is 36.4 Å². The summed E-state index contributed by atoms with van der Waals surface area (Å²) < 4.78 is 5.45. The first kappa shape index (κ1) is 24.4. The minimum atomic E-state index is 0. The Hall–Kier alpha value is -0.610. The van der Waals surface area contributed by atoms with Gasteiger partial charge in [-0.3, -0.25) is 4.79 Å². The van der Waals surface area contributed by atoms with Gasteiger partial charge in [-0.2, -0.15) is 0 Å². The van der Waals surface area contributed by atoms with E-state index in [9.17, 15) is 4.79 Å². The molecular formula is C19H38IN5O2. The number of hydrogen-bond acceptors (Lipinski definition) is 4. The molecule has 2 rings (SSSR count). The van der Waals surface area contributed by atoms with Gasteiger partial charge >= 0.3 is 0 Å². The Morgan fingerprint density at radius 3 is 2.44 bits per heavy atom. The fourth-order valence-corrected chi connectivity index (χ4v) is 3.91. The number of amides is 1. The maximum absolute atomic E-state index is 11.9. The van der Waals surface area contributed by atoms with Gasteiger partial charge < -0.3 is 25.2 Å². The molecule has 2 N–H and O–H groups in total. The van der Waals surface area contributed by atoms with Crippen molar-refractivity contribution in [1.82, 2.24) is 20.4 Å². The van der Waals surface area contributed by atoms with Gasteiger partial charge in [-0.25, -0.2) is 4.99 Å². The summed E-state index contributed by atoms with van der Waals surface area (Å²) >= 11 is 0. The van der Waals surface area contributed by atoms with Crippen molar-refractivity contribution in [1.29, 1.82) is 0 Å². The molecule has 1 atom stereocenters. The Kier molecular flexibility index (Phi) is 10.9. The molecular weight excluding hydrogens is 457 g/mol. The van der Waals surface area contributed by atoms with Crippen LogP contribution in [0.3, 0.4) is 0 Å². The Morgan fingerprint density at radius 1 is 1.19 bits per heavy atom. The molecule has 0 aromatic carbocycles. The van der Waals surface area contributed by atoms with E-state index < -0.39 is 0 Å². The van der Waals surface area contributed by atoms with E-state index in [1.54, 1.807) is 19.0 Å². The number of hydrogen-bond donors (Lipinski definition) is 2. The number of nitrogens with zero attached hydrogens (tertiary/aromatic N) is 3. The largest absolute Gasteiger partial charge is 0.381 e. The van der Waals surface area contributed by atoms with Gasteiger partial charge in [0.2, 0.25) is 5.91 Å². The molecule has 2 fully saturated rings. The molecule has 0 radical (unpaired) electrons. The Labute approximate surface area is 181 Å². The third-order valence-electron chi connectivity index (χ3n) is 5.40. The number of carbonyl (C=O) groups is 1. The second kappa shape index (κ2) is 12.1. The standard InChI is InChI=1S/C19H37N5O2.HI/c1-23(2)15-19(8-5-6-9-19)14-22-18(21-12-17(25)24(3)4)20-11-16-7-10-26-13-16;/h16H,5-15H2,1-4H3,(H2,20,21,22);1H. The summed E-state index contributed by atoms with van der Waals surface area (Å²) in [6.07, 6.45) is 6.18. The molecule has 1 saturated carbocycles. The van der Waals surface area contributed by atoms with Crippen LogP contribution in [0.15, 0.2) is 4.99 Å². The molecule has 1 unspecified atom stereocenters. The fourth-order valence-electron chi connectivity index (χ4n) is 3.91. The highest BCUT2D eigenvalue weighted by molar-refractivity contribution is 14.0. The lowest BCUT2D eigenvalue weighted by Crippen LogP contribution is -2.47. The van der Waals surface area contributed by atoms with Crippen molar-refractivity contribution in [2.45, 2.75) is 32.1 Å². The molecule has 1 aliphatic carbocycles. The van der Waals surface area contributed by atoms with E-state index in [2.05, 4.69) is 34.6 Å². The number of rotatable bonds is 8. The van der Waals surface area contributed by atoms with Gasteiger partial charge in [-0.1, -0.05) is 12.8 Å². The van der Waals surface area contributed by atoms with E-state index in [0.717, 1.165) is 45.2 Å². The van der Waals surface area contributed by atoms with E-state index in [0.29, 0.717) is 11.3 Å². The van der Waals surface area contributed by atoms with Crippen molar-refractivity contribution in [3.8, 4) is 0 Å². The zero-order valence-corrected chi connectivity index (χ0v) is 19.8. The summed E-state index contributed by atoms with van der Waals surface area (Å²) in [6.45, 7) is 4.64. The number of ether oxygens (including phenoxy) is 1. The van der Waals surface area contributed by atoms with E-state index in [1.165, 1.54) is 25.7 Å². The molecule has 1 amide bonds. The second-order valence-corrected chi connectivity index (χ2v) is 8.36. The average molecular weight is 495 g/mol. The zero-order valence-electron chi connectivity index (χ0n) is 17.4. The third kappa shape index (κ3) is 8.51. The van der Waals surface area contributed by atoms with Crippen molar-refractivity contribution in [3.05, 3.63) is 0 Å². The van der Waals surface area contributed by atoms with Crippen molar-refractivity contribution in [2.24, 2.45) is 16.3 Å². The van der Waals surface area contributed by atoms with Crippen LogP contribution in [-0.4, -0.2) is 89.3 Å². The molecule has 1 saturated heterocycles. The summed E-state index contributed by atoms with van der Waals surface area (Å²) in [7, 11) is 7.81. The highest BCUT2D eigenvalue weighted by Crippen LogP contribution is 2.37. The normalized spacial score (nSPS) is 21.8. The second-order valence-electron chi connectivity index (χ2n) is 8.36. The quantitative estimate of drug-likeness (QED) is 0.303. The van der Waals surface area contributed by atoms with Crippen LogP contribution in [0.2, 0.25) is 0 Å². The molecule has 2 aliphatic rings. The summed E-state index contributed by atoms with van der Waals surface area (Å²) in [5, 5.41) is 6.95. The molecule has 0 aromatic heterocycles. The fraction of sp³-hybridized carbons (Fsp3) is 0.895. The lowest BCUT2D eigenvalue weighted by atomic mass is 9.85. The average Bonchev–Trinajstić information content (AvgIpc) is 3.25. The third-order valence-corrected chi connectivity index (χ3v) is 5.40. The lowest BCUT2D eigenvalue weighted by molar-refractivity contribution is -0.127. The highest BCUT2D eigenvalue weighted by Gasteiger charge is 2.34. The number of nitrogens with one attached hydrogen (secondary N) is 2. The van der Waals surface area contributed by atoms with Crippen molar-refractivity contribution in [2.75, 3.05) is 67.6 Å². The number of guanidine groups is 1. The number of aliphatic imine (C=N–C) groups is 1. The van der Waals surface area contributed by atoms with Crippen LogP contribution in [0.25, 0.3) is 0 Å². The van der Waals surface area contributed by atoms with Crippen LogP contribution in [0.5, 0.6) is 0 Å². The van der Waals surface area contributed by atoms with E-state index in [4.69, 9.17) is 4.74 Å². The topological polar surface area (TPSA) is 69.2 Å². The van der Waals surface area contributed by atoms with Gasteiger partial charge in [-0.15, -0.1) is 24.0 Å². The number of halogens is 1. The Bertz CT molecular complexity index is 473. The predicted molar refractivity (Wildman–Crippen MR) is 121 cm³/mol. The van der Waals surface area contributed by atoms with Gasteiger partial charge in [0.15, 0.2) is 5.96 Å². The molecule has 1 aliphatic heterocycles. The first-order valence-electron chi connectivity index (χ1n) is 9.85. The van der Waals surface area contributed by atoms with Gasteiger partial charge in [0.25, 0.3) is 0 Å². The van der Waals surface area contributed by atoms with Crippen LogP contribution in [0.4, 0.5) is 0 Å². The number of likely N-dealkylation sites (N-methyl/N-ethyl adjacent to an activating group) is 1. The van der Waals surface area contributed by atoms with Gasteiger partial charge in [0, 0.05) is 51.7 Å². The smallest absolute Gasteiger partial charge is 0.243 e. The molecule has 0 spiro atoms. The van der Waals surface area contributed by atoms with Crippen molar-refractivity contribution < 1.29 is 9.53 Å². The molecule has 27 heavy (non-hydrogen) atoms. The molecule has 7 nitrogen and oxygen atoms in total. The summed E-state index contributed by atoms with van der Waals surface area (Å²) in [5.74, 6) is 1.28. The highest BCUT2D eigenvalue weighted by atomic mass is 127. The van der Waals surface area contributed by atoms with Gasteiger partial charge in [0.05, 0.1) is 6.61 Å². The lowest BCUT2D eigenvalue weighted by Gasteiger charge is -2.33. The molecule has 1 heterocycles.